The van der Waals surface area contributed by atoms with Crippen LogP contribution in [0.25, 0.3) is 0 Å². The van der Waals surface area contributed by atoms with E-state index < -0.39 is 0 Å². The van der Waals surface area contributed by atoms with Gasteiger partial charge in [0.25, 0.3) is 0 Å². The largest absolute Gasteiger partial charge is 0.325 e. The third kappa shape index (κ3) is 5.66. The van der Waals surface area contributed by atoms with Gasteiger partial charge in [0.05, 0.1) is 11.9 Å². The maximum absolute atomic E-state index is 12.1. The molecule has 0 aliphatic heterocycles. The lowest BCUT2D eigenvalue weighted by Crippen LogP contribution is -2.13. The first-order chi connectivity index (χ1) is 11.0. The molecule has 1 heterocycles. The number of carbonyl (C=O) groups is 2. The van der Waals surface area contributed by atoms with E-state index in [1.807, 2.05) is 24.3 Å². The summed E-state index contributed by atoms with van der Waals surface area (Å²) >= 11 is 0. The molecule has 0 aliphatic rings. The number of hydrogen-bond acceptors (Lipinski definition) is 3. The van der Waals surface area contributed by atoms with Crippen LogP contribution in [0.2, 0.25) is 0 Å². The molecule has 0 radical (unpaired) electrons. The monoisotopic (exact) mass is 310 g/mol. The lowest BCUT2D eigenvalue weighted by atomic mass is 9.99. The van der Waals surface area contributed by atoms with E-state index in [-0.39, 0.29) is 24.5 Å². The second-order valence-corrected chi connectivity index (χ2v) is 6.01. The number of benzene rings is 1. The van der Waals surface area contributed by atoms with Crippen molar-refractivity contribution in [3.05, 3.63) is 59.9 Å². The topological polar surface area (TPSA) is 59.1 Å². The first-order valence-electron chi connectivity index (χ1n) is 7.86. The van der Waals surface area contributed by atoms with E-state index in [2.05, 4.69) is 24.1 Å². The maximum atomic E-state index is 12.1. The molecule has 2 aromatic rings. The summed E-state index contributed by atoms with van der Waals surface area (Å²) in [6, 6.07) is 11.2. The Morgan fingerprint density at radius 1 is 1.09 bits per heavy atom. The number of amides is 1. The molecular formula is C19H22N2O2. The molecule has 0 bridgehead atoms. The Morgan fingerprint density at radius 2 is 1.83 bits per heavy atom. The normalized spacial score (nSPS) is 10.6. The molecule has 1 amide bonds. The van der Waals surface area contributed by atoms with Crippen LogP contribution in [0, 0.1) is 5.92 Å². The predicted octanol–water partition coefficient (Wildman–Crippen LogP) is 3.88. The first-order valence-corrected chi connectivity index (χ1v) is 7.86. The molecule has 120 valence electrons. The van der Waals surface area contributed by atoms with E-state index in [4.69, 9.17) is 0 Å². The third-order valence-corrected chi connectivity index (χ3v) is 3.44. The van der Waals surface area contributed by atoms with E-state index >= 15 is 0 Å². The quantitative estimate of drug-likeness (QED) is 0.789. The first kappa shape index (κ1) is 16.9. The van der Waals surface area contributed by atoms with Gasteiger partial charge in [0.15, 0.2) is 5.78 Å². The van der Waals surface area contributed by atoms with E-state index in [1.165, 1.54) is 5.56 Å². The second-order valence-electron chi connectivity index (χ2n) is 6.01. The summed E-state index contributed by atoms with van der Waals surface area (Å²) in [5, 5.41) is 2.73. The fraction of sp³-hybridized carbons (Fsp3) is 0.316. The van der Waals surface area contributed by atoms with Crippen LogP contribution in [0.15, 0.2) is 48.8 Å². The highest BCUT2D eigenvalue weighted by Crippen LogP contribution is 2.12. The van der Waals surface area contributed by atoms with Gasteiger partial charge in [-0.25, -0.2) is 0 Å². The minimum Gasteiger partial charge on any atom is -0.325 e. The van der Waals surface area contributed by atoms with E-state index in [0.29, 0.717) is 17.2 Å². The van der Waals surface area contributed by atoms with E-state index in [9.17, 15) is 9.59 Å². The molecule has 2 rings (SSSR count). The van der Waals surface area contributed by atoms with Crippen LogP contribution < -0.4 is 5.32 Å². The number of Topliss-reactive ketones (excluding diaryl/α,β-unsaturated/α-hetero) is 1. The van der Waals surface area contributed by atoms with Crippen LogP contribution in [-0.2, 0) is 11.2 Å². The van der Waals surface area contributed by atoms with Crippen LogP contribution in [0.4, 0.5) is 5.69 Å². The molecular weight excluding hydrogens is 288 g/mol. The summed E-state index contributed by atoms with van der Waals surface area (Å²) in [6.45, 7) is 4.33. The smallest absolute Gasteiger partial charge is 0.224 e. The number of carbonyl (C=O) groups excluding carboxylic acids is 2. The number of ketones is 1. The van der Waals surface area contributed by atoms with Crippen molar-refractivity contribution in [3.8, 4) is 0 Å². The maximum Gasteiger partial charge on any atom is 0.224 e. The Labute approximate surface area is 137 Å². The number of aromatic nitrogens is 1. The van der Waals surface area contributed by atoms with Crippen molar-refractivity contribution in [2.75, 3.05) is 5.32 Å². The van der Waals surface area contributed by atoms with Gasteiger partial charge in [-0.05, 0) is 30.0 Å². The molecule has 1 N–H and O–H groups in total. The second kappa shape index (κ2) is 8.22. The van der Waals surface area contributed by atoms with E-state index in [0.717, 1.165) is 6.42 Å². The van der Waals surface area contributed by atoms with Gasteiger partial charge in [-0.2, -0.15) is 0 Å². The van der Waals surface area contributed by atoms with Crippen LogP contribution in [0.1, 0.15) is 42.6 Å². The molecule has 0 saturated carbocycles. The van der Waals surface area contributed by atoms with Gasteiger partial charge < -0.3 is 5.32 Å². The fourth-order valence-electron chi connectivity index (χ4n) is 2.33. The zero-order valence-electron chi connectivity index (χ0n) is 13.6. The van der Waals surface area contributed by atoms with E-state index in [1.54, 1.807) is 24.5 Å². The molecule has 23 heavy (non-hydrogen) atoms. The Bertz CT molecular complexity index is 649. The van der Waals surface area contributed by atoms with Gasteiger partial charge in [0.2, 0.25) is 5.91 Å². The molecule has 1 aromatic heterocycles. The van der Waals surface area contributed by atoms with Gasteiger partial charge in [0.1, 0.15) is 0 Å². The van der Waals surface area contributed by atoms with Crippen molar-refractivity contribution in [3.63, 3.8) is 0 Å². The summed E-state index contributed by atoms with van der Waals surface area (Å²) < 4.78 is 0. The summed E-state index contributed by atoms with van der Waals surface area (Å²) in [5.41, 5.74) is 2.53. The minimum atomic E-state index is -0.178. The Balaban J connectivity index is 1.83. The molecule has 0 saturated heterocycles. The number of anilines is 1. The zero-order valence-corrected chi connectivity index (χ0v) is 13.6. The lowest BCUT2D eigenvalue weighted by molar-refractivity contribution is -0.116. The van der Waals surface area contributed by atoms with Crippen molar-refractivity contribution < 1.29 is 9.59 Å². The van der Waals surface area contributed by atoms with Gasteiger partial charge >= 0.3 is 0 Å². The summed E-state index contributed by atoms with van der Waals surface area (Å²) in [4.78, 5) is 27.9. The van der Waals surface area contributed by atoms with Crippen LogP contribution >= 0.6 is 0 Å². The zero-order chi connectivity index (χ0) is 16.7. The van der Waals surface area contributed by atoms with Crippen molar-refractivity contribution >= 4 is 17.4 Å². The molecule has 1 aromatic carbocycles. The van der Waals surface area contributed by atoms with Crippen LogP contribution in [0.5, 0.6) is 0 Å². The molecule has 0 spiro atoms. The van der Waals surface area contributed by atoms with Crippen molar-refractivity contribution in [2.45, 2.75) is 33.1 Å². The SMILES string of the molecule is CC(C)Cc1ccc(C(=O)CCC(=O)Nc2cccnc2)cc1. The van der Waals surface area contributed by atoms with Gasteiger partial charge in [0, 0.05) is 24.6 Å². The fourth-order valence-corrected chi connectivity index (χ4v) is 2.33. The highest BCUT2D eigenvalue weighted by atomic mass is 16.2. The number of rotatable bonds is 7. The molecule has 4 heteroatoms. The molecule has 4 nitrogen and oxygen atoms in total. The van der Waals surface area contributed by atoms with Gasteiger partial charge in [-0.3, -0.25) is 14.6 Å². The Hall–Kier alpha value is -2.49. The summed E-state index contributed by atoms with van der Waals surface area (Å²) in [6.07, 6.45) is 4.59. The minimum absolute atomic E-state index is 0.0116. The number of hydrogen-bond donors (Lipinski definition) is 1. The van der Waals surface area contributed by atoms with Gasteiger partial charge in [-0.1, -0.05) is 38.1 Å². The Kier molecular flexibility index (Phi) is 6.03. The number of nitrogens with one attached hydrogen (secondary N) is 1. The van der Waals surface area contributed by atoms with Crippen molar-refractivity contribution in [1.82, 2.24) is 4.98 Å². The number of pyridine rings is 1. The molecule has 0 atom stereocenters. The molecule has 0 fully saturated rings. The number of nitrogens with zero attached hydrogens (tertiary/aromatic N) is 1. The summed E-state index contributed by atoms with van der Waals surface area (Å²) in [5.74, 6) is 0.401. The van der Waals surface area contributed by atoms with Crippen molar-refractivity contribution in [1.29, 1.82) is 0 Å². The average Bonchev–Trinajstić information content (AvgIpc) is 2.54. The summed E-state index contributed by atoms with van der Waals surface area (Å²) in [7, 11) is 0. The third-order valence-electron chi connectivity index (χ3n) is 3.44. The lowest BCUT2D eigenvalue weighted by Gasteiger charge is -2.07. The predicted molar refractivity (Wildman–Crippen MR) is 91.4 cm³/mol. The molecule has 0 aliphatic carbocycles. The van der Waals surface area contributed by atoms with Crippen LogP contribution in [-0.4, -0.2) is 16.7 Å². The Morgan fingerprint density at radius 3 is 2.43 bits per heavy atom. The van der Waals surface area contributed by atoms with Gasteiger partial charge in [-0.15, -0.1) is 0 Å². The average molecular weight is 310 g/mol. The van der Waals surface area contributed by atoms with Crippen LogP contribution in [0.3, 0.4) is 0 Å². The standard InChI is InChI=1S/C19H22N2O2/c1-14(2)12-15-5-7-16(8-6-15)18(22)9-10-19(23)21-17-4-3-11-20-13-17/h3-8,11,13-14H,9-10,12H2,1-2H3,(H,21,23). The highest BCUT2D eigenvalue weighted by molar-refractivity contribution is 5.99. The molecule has 0 unspecified atom stereocenters. The van der Waals surface area contributed by atoms with Crippen molar-refractivity contribution in [2.24, 2.45) is 5.92 Å². The highest BCUT2D eigenvalue weighted by Gasteiger charge is 2.10.